The molecule has 0 aromatic carbocycles. The van der Waals surface area contributed by atoms with Crippen LogP contribution in [0.25, 0.3) is 5.65 Å². The van der Waals surface area contributed by atoms with Crippen molar-refractivity contribution < 1.29 is 9.21 Å². The molecule has 6 heteroatoms. The Balaban J connectivity index is 1.49. The van der Waals surface area contributed by atoms with Crippen molar-refractivity contribution in [2.75, 3.05) is 0 Å². The van der Waals surface area contributed by atoms with Crippen LogP contribution in [-0.4, -0.2) is 19.9 Å². The van der Waals surface area contributed by atoms with Gasteiger partial charge < -0.3 is 18.7 Å². The van der Waals surface area contributed by atoms with Gasteiger partial charge in [0.1, 0.15) is 11.4 Å². The first-order valence-corrected chi connectivity index (χ1v) is 8.93. The van der Waals surface area contributed by atoms with Crippen LogP contribution >= 0.6 is 0 Å². The fourth-order valence-corrected chi connectivity index (χ4v) is 3.34. The van der Waals surface area contributed by atoms with Crippen LogP contribution < -0.4 is 5.32 Å². The second kappa shape index (κ2) is 6.79. The summed E-state index contributed by atoms with van der Waals surface area (Å²) in [5.74, 6) is 0.769. The maximum Gasteiger partial charge on any atom is 0.253 e. The lowest BCUT2D eigenvalue weighted by molar-refractivity contribution is 0.0949. The molecule has 27 heavy (non-hydrogen) atoms. The van der Waals surface area contributed by atoms with E-state index in [1.54, 1.807) is 6.26 Å². The van der Waals surface area contributed by atoms with Crippen LogP contribution in [0.5, 0.6) is 0 Å². The Kier molecular flexibility index (Phi) is 4.32. The van der Waals surface area contributed by atoms with Crippen molar-refractivity contribution in [1.29, 1.82) is 0 Å². The zero-order valence-corrected chi connectivity index (χ0v) is 15.7. The molecule has 1 N–H and O–H groups in total. The fraction of sp³-hybridized carbons (Fsp3) is 0.238. The highest BCUT2D eigenvalue weighted by atomic mass is 16.3. The van der Waals surface area contributed by atoms with Gasteiger partial charge in [-0.2, -0.15) is 0 Å². The van der Waals surface area contributed by atoms with Crippen LogP contribution in [0.15, 0.2) is 53.4 Å². The average molecular weight is 362 g/mol. The highest BCUT2D eigenvalue weighted by Crippen LogP contribution is 2.17. The number of aromatic nitrogens is 3. The number of amides is 1. The summed E-state index contributed by atoms with van der Waals surface area (Å²) in [4.78, 5) is 17.2. The zero-order chi connectivity index (χ0) is 19.0. The molecule has 0 fully saturated rings. The van der Waals surface area contributed by atoms with E-state index in [9.17, 15) is 4.79 Å². The van der Waals surface area contributed by atoms with E-state index in [0.29, 0.717) is 18.7 Å². The van der Waals surface area contributed by atoms with Crippen molar-refractivity contribution in [1.82, 2.24) is 19.3 Å². The molecule has 4 heterocycles. The second-order valence-corrected chi connectivity index (χ2v) is 6.84. The molecular weight excluding hydrogens is 340 g/mol. The number of nitrogens with zero attached hydrogens (tertiary/aromatic N) is 3. The Bertz CT molecular complexity index is 1100. The molecule has 6 nitrogen and oxygen atoms in total. The summed E-state index contributed by atoms with van der Waals surface area (Å²) in [5.41, 5.74) is 5.50. The molecule has 0 aliphatic carbocycles. The van der Waals surface area contributed by atoms with E-state index in [4.69, 9.17) is 4.42 Å². The van der Waals surface area contributed by atoms with Crippen molar-refractivity contribution in [3.8, 4) is 0 Å². The van der Waals surface area contributed by atoms with Gasteiger partial charge in [-0.05, 0) is 50.6 Å². The van der Waals surface area contributed by atoms with Crippen LogP contribution in [-0.2, 0) is 13.1 Å². The van der Waals surface area contributed by atoms with Crippen molar-refractivity contribution in [2.45, 2.75) is 33.9 Å². The van der Waals surface area contributed by atoms with Crippen LogP contribution in [0.1, 0.15) is 38.8 Å². The van der Waals surface area contributed by atoms with Gasteiger partial charge in [-0.3, -0.25) is 4.79 Å². The number of imidazole rings is 1. The maximum absolute atomic E-state index is 12.7. The average Bonchev–Trinajstić information content (AvgIpc) is 3.35. The first-order valence-electron chi connectivity index (χ1n) is 8.93. The Hall–Kier alpha value is -3.28. The van der Waals surface area contributed by atoms with Gasteiger partial charge in [-0.15, -0.1) is 0 Å². The van der Waals surface area contributed by atoms with E-state index < -0.39 is 0 Å². The summed E-state index contributed by atoms with van der Waals surface area (Å²) >= 11 is 0. The van der Waals surface area contributed by atoms with Crippen molar-refractivity contribution >= 4 is 11.6 Å². The number of rotatable bonds is 5. The predicted molar refractivity (Wildman–Crippen MR) is 103 cm³/mol. The molecule has 1 amide bonds. The Morgan fingerprint density at radius 1 is 1.19 bits per heavy atom. The summed E-state index contributed by atoms with van der Waals surface area (Å²) < 4.78 is 9.49. The van der Waals surface area contributed by atoms with Gasteiger partial charge in [0, 0.05) is 23.8 Å². The standard InChI is InChI=1S/C21H22N4O2/c1-14-6-7-20-23-17(12-24(20)11-14)10-22-21(26)19-9-15(2)25(16(19)3)13-18-5-4-8-27-18/h4-9,11-12H,10,13H2,1-3H3,(H,22,26). The van der Waals surface area contributed by atoms with E-state index in [0.717, 1.165) is 28.5 Å². The minimum Gasteiger partial charge on any atom is -0.467 e. The Labute approximate surface area is 157 Å². The minimum atomic E-state index is -0.0953. The van der Waals surface area contributed by atoms with Gasteiger partial charge in [0.2, 0.25) is 0 Å². The van der Waals surface area contributed by atoms with Gasteiger partial charge in [-0.1, -0.05) is 6.07 Å². The number of hydrogen-bond donors (Lipinski definition) is 1. The van der Waals surface area contributed by atoms with E-state index >= 15 is 0 Å². The molecule has 4 rings (SSSR count). The highest BCUT2D eigenvalue weighted by molar-refractivity contribution is 5.95. The Morgan fingerprint density at radius 3 is 2.81 bits per heavy atom. The van der Waals surface area contributed by atoms with E-state index in [1.807, 2.05) is 67.9 Å². The summed E-state index contributed by atoms with van der Waals surface area (Å²) in [5, 5.41) is 2.98. The normalized spacial score (nSPS) is 11.2. The lowest BCUT2D eigenvalue weighted by Gasteiger charge is -2.08. The summed E-state index contributed by atoms with van der Waals surface area (Å²) in [6, 6.07) is 9.72. The van der Waals surface area contributed by atoms with Crippen LogP contribution in [0, 0.1) is 20.8 Å². The molecule has 0 aliphatic rings. The van der Waals surface area contributed by atoms with Crippen LogP contribution in [0.4, 0.5) is 0 Å². The van der Waals surface area contributed by atoms with E-state index in [-0.39, 0.29) is 5.91 Å². The van der Waals surface area contributed by atoms with E-state index in [2.05, 4.69) is 14.9 Å². The molecule has 138 valence electrons. The quantitative estimate of drug-likeness (QED) is 0.590. The highest BCUT2D eigenvalue weighted by Gasteiger charge is 2.16. The zero-order valence-electron chi connectivity index (χ0n) is 15.7. The number of aryl methyl sites for hydroxylation is 2. The van der Waals surface area contributed by atoms with Crippen LogP contribution in [0.3, 0.4) is 0 Å². The summed E-state index contributed by atoms with van der Waals surface area (Å²) in [7, 11) is 0. The third-order valence-corrected chi connectivity index (χ3v) is 4.79. The third kappa shape index (κ3) is 3.38. The molecule has 4 aromatic heterocycles. The number of furan rings is 1. The summed E-state index contributed by atoms with van der Waals surface area (Å²) in [6.07, 6.45) is 5.63. The lowest BCUT2D eigenvalue weighted by Crippen LogP contribution is -2.23. The smallest absolute Gasteiger partial charge is 0.253 e. The molecule has 4 aromatic rings. The molecule has 0 unspecified atom stereocenters. The summed E-state index contributed by atoms with van der Waals surface area (Å²) in [6.45, 7) is 7.00. The number of pyridine rings is 1. The molecular formula is C21H22N4O2. The molecule has 0 atom stereocenters. The molecule has 0 bridgehead atoms. The fourth-order valence-electron chi connectivity index (χ4n) is 3.34. The molecule has 0 saturated carbocycles. The van der Waals surface area contributed by atoms with Gasteiger partial charge in [0.25, 0.3) is 5.91 Å². The van der Waals surface area contributed by atoms with Crippen molar-refractivity contribution in [3.63, 3.8) is 0 Å². The topological polar surface area (TPSA) is 64.5 Å². The predicted octanol–water partition coefficient (Wildman–Crippen LogP) is 3.63. The largest absolute Gasteiger partial charge is 0.467 e. The number of carbonyl (C=O) groups excluding carboxylic acids is 1. The maximum atomic E-state index is 12.7. The number of nitrogens with one attached hydrogen (secondary N) is 1. The SMILES string of the molecule is Cc1ccc2nc(CNC(=O)c3cc(C)n(Cc4ccco4)c3C)cn2c1. The minimum absolute atomic E-state index is 0.0953. The van der Waals surface area contributed by atoms with Gasteiger partial charge in [-0.25, -0.2) is 4.98 Å². The van der Waals surface area contributed by atoms with Crippen molar-refractivity contribution in [2.24, 2.45) is 0 Å². The number of hydrogen-bond acceptors (Lipinski definition) is 3. The monoisotopic (exact) mass is 362 g/mol. The Morgan fingerprint density at radius 2 is 2.04 bits per heavy atom. The third-order valence-electron chi connectivity index (χ3n) is 4.79. The lowest BCUT2D eigenvalue weighted by atomic mass is 10.2. The van der Waals surface area contributed by atoms with Gasteiger partial charge in [0.15, 0.2) is 0 Å². The molecule has 0 aliphatic heterocycles. The van der Waals surface area contributed by atoms with Crippen molar-refractivity contribution in [3.05, 3.63) is 83.0 Å². The first-order chi connectivity index (χ1) is 13.0. The second-order valence-electron chi connectivity index (χ2n) is 6.84. The van der Waals surface area contributed by atoms with Gasteiger partial charge >= 0.3 is 0 Å². The van der Waals surface area contributed by atoms with E-state index in [1.165, 1.54) is 5.56 Å². The van der Waals surface area contributed by atoms with Crippen LogP contribution in [0.2, 0.25) is 0 Å². The number of carbonyl (C=O) groups is 1. The molecule has 0 radical (unpaired) electrons. The first kappa shape index (κ1) is 17.1. The number of fused-ring (bicyclic) bond motifs is 1. The van der Waals surface area contributed by atoms with Gasteiger partial charge in [0.05, 0.1) is 30.6 Å². The molecule has 0 saturated heterocycles. The molecule has 0 spiro atoms.